The Morgan fingerprint density at radius 3 is 2.87 bits per heavy atom. The normalized spacial score (nSPS) is 14.2. The average molecular weight is 337 g/mol. The van der Waals surface area contributed by atoms with Crippen LogP contribution in [0.25, 0.3) is 0 Å². The fourth-order valence-corrected chi connectivity index (χ4v) is 3.41. The first-order chi connectivity index (χ1) is 11.0. The van der Waals surface area contributed by atoms with Gasteiger partial charge in [-0.05, 0) is 41.4 Å². The van der Waals surface area contributed by atoms with E-state index in [1.165, 1.54) is 11.8 Å². The van der Waals surface area contributed by atoms with E-state index in [1.54, 1.807) is 12.1 Å². The van der Waals surface area contributed by atoms with Gasteiger partial charge in [0, 0.05) is 6.42 Å². The van der Waals surface area contributed by atoms with Gasteiger partial charge in [0.05, 0.1) is 12.4 Å². The van der Waals surface area contributed by atoms with Crippen LogP contribution in [0, 0.1) is 5.92 Å². The van der Waals surface area contributed by atoms with Crippen molar-refractivity contribution >= 4 is 23.6 Å². The number of thioether (sulfide) groups is 1. The van der Waals surface area contributed by atoms with Crippen molar-refractivity contribution in [3.05, 3.63) is 29.3 Å². The SMILES string of the molecule is CC(C)CCSCC(=O)NC(C(=O)O)c1ccc2c(c1)CCO2. The minimum absolute atomic E-state index is 0.247. The number of nitrogens with one attached hydrogen (secondary N) is 1. The summed E-state index contributed by atoms with van der Waals surface area (Å²) in [7, 11) is 0. The van der Waals surface area contributed by atoms with Gasteiger partial charge in [-0.15, -0.1) is 0 Å². The number of fused-ring (bicyclic) bond motifs is 1. The predicted molar refractivity (Wildman–Crippen MR) is 90.9 cm³/mol. The lowest BCUT2D eigenvalue weighted by molar-refractivity contribution is -0.141. The molecule has 0 saturated heterocycles. The number of benzene rings is 1. The van der Waals surface area contributed by atoms with Crippen molar-refractivity contribution in [2.24, 2.45) is 5.92 Å². The summed E-state index contributed by atoms with van der Waals surface area (Å²) in [5.74, 6) is 1.29. The van der Waals surface area contributed by atoms with Crippen molar-refractivity contribution in [3.8, 4) is 5.75 Å². The molecule has 0 aliphatic carbocycles. The quantitative estimate of drug-likeness (QED) is 0.713. The van der Waals surface area contributed by atoms with Gasteiger partial charge in [-0.3, -0.25) is 4.79 Å². The second-order valence-electron chi connectivity index (χ2n) is 6.04. The Balaban J connectivity index is 1.93. The number of hydrogen-bond acceptors (Lipinski definition) is 4. The van der Waals surface area contributed by atoms with Gasteiger partial charge in [-0.1, -0.05) is 19.9 Å². The van der Waals surface area contributed by atoms with Gasteiger partial charge in [0.1, 0.15) is 5.75 Å². The Kier molecular flexibility index (Phi) is 6.33. The Hall–Kier alpha value is -1.69. The van der Waals surface area contributed by atoms with Crippen LogP contribution >= 0.6 is 11.8 Å². The lowest BCUT2D eigenvalue weighted by Gasteiger charge is -2.16. The van der Waals surface area contributed by atoms with Crippen molar-refractivity contribution in [1.29, 1.82) is 0 Å². The molecule has 0 aromatic heterocycles. The molecule has 1 atom stereocenters. The molecule has 23 heavy (non-hydrogen) atoms. The molecule has 6 heteroatoms. The number of amides is 1. The van der Waals surface area contributed by atoms with Crippen LogP contribution in [-0.4, -0.2) is 35.1 Å². The maximum absolute atomic E-state index is 12.0. The average Bonchev–Trinajstić information content (AvgIpc) is 2.96. The van der Waals surface area contributed by atoms with Crippen LogP contribution < -0.4 is 10.1 Å². The van der Waals surface area contributed by atoms with Gasteiger partial charge >= 0.3 is 5.97 Å². The van der Waals surface area contributed by atoms with E-state index < -0.39 is 12.0 Å². The molecule has 2 rings (SSSR count). The number of rotatable bonds is 8. The Bertz CT molecular complexity index is 574. The van der Waals surface area contributed by atoms with Crippen LogP contribution in [0.5, 0.6) is 5.75 Å². The summed E-state index contributed by atoms with van der Waals surface area (Å²) in [6, 6.07) is 4.28. The topological polar surface area (TPSA) is 75.6 Å². The zero-order valence-electron chi connectivity index (χ0n) is 13.5. The van der Waals surface area contributed by atoms with E-state index in [2.05, 4.69) is 19.2 Å². The number of hydrogen-bond donors (Lipinski definition) is 2. The second kappa shape index (κ2) is 8.24. The monoisotopic (exact) mass is 337 g/mol. The van der Waals surface area contributed by atoms with Gasteiger partial charge in [-0.25, -0.2) is 4.79 Å². The highest BCUT2D eigenvalue weighted by molar-refractivity contribution is 7.99. The van der Waals surface area contributed by atoms with Crippen LogP contribution in [0.4, 0.5) is 0 Å². The molecule has 1 heterocycles. The number of carboxylic acids is 1. The van der Waals surface area contributed by atoms with Crippen LogP contribution in [0.15, 0.2) is 18.2 Å². The molecular weight excluding hydrogens is 314 g/mol. The van der Waals surface area contributed by atoms with E-state index in [0.29, 0.717) is 18.1 Å². The number of carbonyl (C=O) groups excluding carboxylic acids is 1. The third-order valence-electron chi connectivity index (χ3n) is 3.67. The number of carboxylic acid groups (broad SMARTS) is 1. The maximum atomic E-state index is 12.0. The summed E-state index contributed by atoms with van der Waals surface area (Å²) >= 11 is 1.53. The first-order valence-corrected chi connectivity index (χ1v) is 8.98. The first kappa shape index (κ1) is 17.7. The van der Waals surface area contributed by atoms with Crippen LogP contribution in [-0.2, 0) is 16.0 Å². The van der Waals surface area contributed by atoms with E-state index in [0.717, 1.165) is 29.9 Å². The third-order valence-corrected chi connectivity index (χ3v) is 4.66. The highest BCUT2D eigenvalue weighted by Crippen LogP contribution is 2.28. The molecule has 1 aromatic rings. The van der Waals surface area contributed by atoms with Crippen molar-refractivity contribution in [2.45, 2.75) is 32.7 Å². The van der Waals surface area contributed by atoms with Gasteiger partial charge in [-0.2, -0.15) is 11.8 Å². The molecule has 1 unspecified atom stereocenters. The molecule has 0 bridgehead atoms. The largest absolute Gasteiger partial charge is 0.493 e. The third kappa shape index (κ3) is 5.16. The number of carbonyl (C=O) groups is 2. The Morgan fingerprint density at radius 2 is 2.17 bits per heavy atom. The molecule has 0 spiro atoms. The lowest BCUT2D eigenvalue weighted by Crippen LogP contribution is -2.35. The summed E-state index contributed by atoms with van der Waals surface area (Å²) in [6.45, 7) is 4.90. The van der Waals surface area contributed by atoms with Crippen molar-refractivity contribution in [1.82, 2.24) is 5.32 Å². The summed E-state index contributed by atoms with van der Waals surface area (Å²) in [6.07, 6.45) is 1.82. The summed E-state index contributed by atoms with van der Waals surface area (Å²) < 4.78 is 5.42. The van der Waals surface area contributed by atoms with E-state index in [9.17, 15) is 14.7 Å². The smallest absolute Gasteiger partial charge is 0.330 e. The minimum atomic E-state index is -1.05. The zero-order chi connectivity index (χ0) is 16.8. The summed E-state index contributed by atoms with van der Waals surface area (Å²) in [5, 5.41) is 12.0. The summed E-state index contributed by atoms with van der Waals surface area (Å²) in [5.41, 5.74) is 1.58. The molecule has 1 amide bonds. The molecule has 126 valence electrons. The Labute approximate surface area is 140 Å². The van der Waals surface area contributed by atoms with E-state index in [1.807, 2.05) is 6.07 Å². The lowest BCUT2D eigenvalue weighted by atomic mass is 10.0. The van der Waals surface area contributed by atoms with Gasteiger partial charge in [0.15, 0.2) is 6.04 Å². The molecule has 0 saturated carbocycles. The highest BCUT2D eigenvalue weighted by atomic mass is 32.2. The van der Waals surface area contributed by atoms with Crippen LogP contribution in [0.2, 0.25) is 0 Å². The molecule has 5 nitrogen and oxygen atoms in total. The van der Waals surface area contributed by atoms with Crippen molar-refractivity contribution in [3.63, 3.8) is 0 Å². The second-order valence-corrected chi connectivity index (χ2v) is 7.14. The molecule has 0 radical (unpaired) electrons. The summed E-state index contributed by atoms with van der Waals surface area (Å²) in [4.78, 5) is 23.5. The Morgan fingerprint density at radius 1 is 1.39 bits per heavy atom. The molecule has 1 aliphatic rings. The fourth-order valence-electron chi connectivity index (χ4n) is 2.36. The zero-order valence-corrected chi connectivity index (χ0v) is 14.3. The fraction of sp³-hybridized carbons (Fsp3) is 0.529. The van der Waals surface area contributed by atoms with Gasteiger partial charge in [0.2, 0.25) is 5.91 Å². The molecule has 1 aromatic carbocycles. The molecule has 0 fully saturated rings. The maximum Gasteiger partial charge on any atom is 0.330 e. The van der Waals surface area contributed by atoms with E-state index >= 15 is 0 Å². The molecule has 1 aliphatic heterocycles. The first-order valence-electron chi connectivity index (χ1n) is 7.83. The number of ether oxygens (including phenoxy) is 1. The number of aliphatic carboxylic acids is 1. The van der Waals surface area contributed by atoms with Crippen LogP contribution in [0.1, 0.15) is 37.4 Å². The van der Waals surface area contributed by atoms with E-state index in [4.69, 9.17) is 4.74 Å². The van der Waals surface area contributed by atoms with E-state index in [-0.39, 0.29) is 11.7 Å². The highest BCUT2D eigenvalue weighted by Gasteiger charge is 2.24. The molecule has 2 N–H and O–H groups in total. The standard InChI is InChI=1S/C17H23NO4S/c1-11(2)6-8-23-10-15(19)18-16(17(20)21)13-3-4-14-12(9-13)5-7-22-14/h3-4,9,11,16H,5-8,10H2,1-2H3,(H,18,19)(H,20,21). The van der Waals surface area contributed by atoms with Crippen LogP contribution in [0.3, 0.4) is 0 Å². The predicted octanol–water partition coefficient (Wildman–Crippen LogP) is 2.64. The minimum Gasteiger partial charge on any atom is -0.493 e. The molecular formula is C17H23NO4S. The van der Waals surface area contributed by atoms with Gasteiger partial charge < -0.3 is 15.2 Å². The van der Waals surface area contributed by atoms with Crippen molar-refractivity contribution in [2.75, 3.05) is 18.1 Å². The van der Waals surface area contributed by atoms with Crippen molar-refractivity contribution < 1.29 is 19.4 Å². The van der Waals surface area contributed by atoms with Gasteiger partial charge in [0.25, 0.3) is 0 Å².